The molecule has 0 aliphatic heterocycles. The first-order chi connectivity index (χ1) is 16.7. The Morgan fingerprint density at radius 1 is 1.00 bits per heavy atom. The van der Waals surface area contributed by atoms with E-state index in [-0.39, 0.29) is 29.1 Å². The van der Waals surface area contributed by atoms with E-state index in [0.29, 0.717) is 10.5 Å². The van der Waals surface area contributed by atoms with Gasteiger partial charge in [0.2, 0.25) is 0 Å². The molecule has 2 aromatic carbocycles. The Kier molecular flexibility index (Phi) is 9.39. The van der Waals surface area contributed by atoms with Crippen molar-refractivity contribution in [1.29, 1.82) is 0 Å². The highest BCUT2D eigenvalue weighted by Gasteiger charge is 2.39. The van der Waals surface area contributed by atoms with Crippen LogP contribution in [0.1, 0.15) is 96.4 Å². The van der Waals surface area contributed by atoms with Crippen LogP contribution in [-0.4, -0.2) is 23.5 Å². The van der Waals surface area contributed by atoms with Crippen molar-refractivity contribution in [3.05, 3.63) is 64.5 Å². The minimum absolute atomic E-state index is 0.0140. The van der Waals surface area contributed by atoms with Gasteiger partial charge in [0.25, 0.3) is 5.91 Å². The molecular weight excluding hydrogens is 503 g/mol. The zero-order chi connectivity index (χ0) is 28.6. The van der Waals surface area contributed by atoms with Gasteiger partial charge in [0.05, 0.1) is 16.9 Å². The summed E-state index contributed by atoms with van der Waals surface area (Å²) in [5, 5.41) is 10.2. The van der Waals surface area contributed by atoms with Crippen LogP contribution in [0.25, 0.3) is 0 Å². The molecule has 2 N–H and O–H groups in total. The van der Waals surface area contributed by atoms with Crippen LogP contribution < -0.4 is 4.39 Å². The lowest BCUT2D eigenvalue weighted by Crippen LogP contribution is -2.54. The van der Waals surface area contributed by atoms with E-state index in [1.54, 1.807) is 38.1 Å². The van der Waals surface area contributed by atoms with Crippen molar-refractivity contribution in [2.24, 2.45) is 4.36 Å². The summed E-state index contributed by atoms with van der Waals surface area (Å²) in [4.78, 5) is 13.9. The summed E-state index contributed by atoms with van der Waals surface area (Å²) in [7, 11) is -5.70. The molecule has 8 heteroatoms. The number of nitrogens with zero attached hydrogens (tertiary/aromatic N) is 1. The summed E-state index contributed by atoms with van der Waals surface area (Å²) < 4.78 is 36.6. The van der Waals surface area contributed by atoms with E-state index in [9.17, 15) is 18.5 Å². The molecule has 1 atom stereocenters. The highest BCUT2D eigenvalue weighted by molar-refractivity contribution is 7.93. The maximum absolute atomic E-state index is 14.5. The summed E-state index contributed by atoms with van der Waals surface area (Å²) in [6, 6.07) is 9.75. The molecule has 0 fully saturated rings. The highest BCUT2D eigenvalue weighted by atomic mass is 32.2. The molecule has 206 valence electrons. The quantitative estimate of drug-likeness (QED) is 0.337. The first-order valence-corrected chi connectivity index (χ1v) is 17.4. The first kappa shape index (κ1) is 31.3. The lowest BCUT2D eigenvalue weighted by Gasteiger charge is -2.38. The number of carbonyl (C=O) groups is 1. The number of hydrogen-bond donors (Lipinski definition) is 2. The number of halogens is 1. The molecule has 0 aliphatic carbocycles. The third-order valence-corrected chi connectivity index (χ3v) is 15.5. The smallest absolute Gasteiger partial charge is 0.259 e. The number of hydrogen-bond acceptors (Lipinski definition) is 3. The Bertz CT molecular complexity index is 1220. The van der Waals surface area contributed by atoms with Crippen molar-refractivity contribution in [2.45, 2.75) is 109 Å². The van der Waals surface area contributed by atoms with E-state index in [4.69, 9.17) is 0 Å². The maximum atomic E-state index is 14.5. The zero-order valence-corrected chi connectivity index (χ0v) is 26.1. The molecule has 2 aromatic rings. The van der Waals surface area contributed by atoms with Gasteiger partial charge in [0, 0.05) is 0 Å². The minimum atomic E-state index is -3.33. The number of benzene rings is 2. The summed E-state index contributed by atoms with van der Waals surface area (Å²) in [5.74, 6) is -0.811. The van der Waals surface area contributed by atoms with Crippen molar-refractivity contribution in [1.82, 2.24) is 4.39 Å². The summed E-state index contributed by atoms with van der Waals surface area (Å²) in [5.41, 5.74) is 1.91. The van der Waals surface area contributed by atoms with Crippen LogP contribution >= 0.6 is 0 Å². The molecule has 1 unspecified atom stereocenters. The van der Waals surface area contributed by atoms with Gasteiger partial charge in [-0.05, 0) is 77.2 Å². The van der Waals surface area contributed by atoms with Gasteiger partial charge in [0.1, 0.15) is 24.0 Å². The van der Waals surface area contributed by atoms with Crippen LogP contribution in [0.5, 0.6) is 0 Å². The summed E-state index contributed by atoms with van der Waals surface area (Å²) in [6.45, 7) is 21.7. The fourth-order valence-corrected chi connectivity index (χ4v) is 9.53. The van der Waals surface area contributed by atoms with E-state index in [1.807, 2.05) is 27.7 Å². The van der Waals surface area contributed by atoms with E-state index in [0.717, 1.165) is 16.7 Å². The van der Waals surface area contributed by atoms with Crippen molar-refractivity contribution < 1.29 is 18.5 Å². The molecule has 0 heterocycles. The number of amides is 1. The SMILES string of the molecule is CC(C)c1cc(F)cc(C(C)C)c1CC(=O)N=S(=O)(N[Si](C)(C)C(C)(C)C)c1ccc(C(C)(C)O)cc1. The van der Waals surface area contributed by atoms with Crippen molar-refractivity contribution in [3.63, 3.8) is 0 Å². The molecule has 2 rings (SSSR count). The normalized spacial score (nSPS) is 14.7. The van der Waals surface area contributed by atoms with Gasteiger partial charge in [-0.15, -0.1) is 4.36 Å². The van der Waals surface area contributed by atoms with Crippen molar-refractivity contribution in [2.75, 3.05) is 0 Å². The first-order valence-electron chi connectivity index (χ1n) is 12.9. The Labute approximate surface area is 224 Å². The largest absolute Gasteiger partial charge is 0.386 e. The molecule has 1 amide bonds. The van der Waals surface area contributed by atoms with Gasteiger partial charge in [-0.3, -0.25) is 4.79 Å². The van der Waals surface area contributed by atoms with Crippen LogP contribution in [0.4, 0.5) is 4.39 Å². The van der Waals surface area contributed by atoms with Gasteiger partial charge < -0.3 is 5.11 Å². The second-order valence-electron chi connectivity index (χ2n) is 12.6. The molecule has 0 bridgehead atoms. The van der Waals surface area contributed by atoms with Crippen LogP contribution in [0, 0.1) is 5.82 Å². The lowest BCUT2D eigenvalue weighted by molar-refractivity contribution is -0.117. The predicted molar refractivity (Wildman–Crippen MR) is 154 cm³/mol. The van der Waals surface area contributed by atoms with Crippen LogP contribution in [0.2, 0.25) is 18.1 Å². The van der Waals surface area contributed by atoms with E-state index in [1.165, 1.54) is 12.1 Å². The van der Waals surface area contributed by atoms with Gasteiger partial charge in [-0.2, -0.15) is 0 Å². The molecule has 0 saturated carbocycles. The third-order valence-electron chi connectivity index (χ3n) is 7.23. The maximum Gasteiger partial charge on any atom is 0.259 e. The highest BCUT2D eigenvalue weighted by Crippen LogP contribution is 2.36. The minimum Gasteiger partial charge on any atom is -0.386 e. The second kappa shape index (κ2) is 11.1. The van der Waals surface area contributed by atoms with E-state index < -0.39 is 29.7 Å². The second-order valence-corrected chi connectivity index (χ2v) is 19.9. The summed E-state index contributed by atoms with van der Waals surface area (Å²) >= 11 is 0. The Morgan fingerprint density at radius 3 is 1.84 bits per heavy atom. The van der Waals surface area contributed by atoms with E-state index in [2.05, 4.69) is 42.6 Å². The molecule has 5 nitrogen and oxygen atoms in total. The number of carbonyl (C=O) groups excluding carboxylic acids is 1. The standard InChI is InChI=1S/C29H45FN2O3SSi/c1-19(2)24-16-22(30)17-25(20(3)4)26(24)18-27(33)31-36(35,32-37(10,11)28(5,6)7)23-14-12-21(13-15-23)29(8,9)34/h12-17,19-20,34H,18H2,1-11H3,(H,31,32,33,35). The fourth-order valence-electron chi connectivity index (χ4n) is 3.92. The average Bonchev–Trinajstić information content (AvgIpc) is 2.72. The van der Waals surface area contributed by atoms with Crippen LogP contribution in [-0.2, 0) is 26.7 Å². The zero-order valence-electron chi connectivity index (χ0n) is 24.3. The van der Waals surface area contributed by atoms with Gasteiger partial charge >= 0.3 is 0 Å². The van der Waals surface area contributed by atoms with Crippen molar-refractivity contribution >= 4 is 24.1 Å². The molecule has 0 radical (unpaired) electrons. The van der Waals surface area contributed by atoms with Gasteiger partial charge in [-0.25, -0.2) is 13.0 Å². The molecule has 0 aromatic heterocycles. The molecule has 0 spiro atoms. The number of aliphatic hydroxyl groups is 1. The molecule has 0 aliphatic rings. The molecular formula is C29H45FN2O3SSi. The van der Waals surface area contributed by atoms with Gasteiger partial charge in [-0.1, -0.05) is 73.7 Å². The fraction of sp³-hybridized carbons (Fsp3) is 0.552. The van der Waals surface area contributed by atoms with Crippen LogP contribution in [0.15, 0.2) is 45.7 Å². The Hall–Kier alpha value is -1.87. The predicted octanol–water partition coefficient (Wildman–Crippen LogP) is 7.41. The molecule has 0 saturated heterocycles. The summed E-state index contributed by atoms with van der Waals surface area (Å²) in [6.07, 6.45) is -0.0563. The number of rotatable bonds is 8. The number of nitrogens with one attached hydrogen (secondary N) is 1. The Morgan fingerprint density at radius 2 is 1.46 bits per heavy atom. The Balaban J connectivity index is 2.68. The monoisotopic (exact) mass is 548 g/mol. The molecule has 37 heavy (non-hydrogen) atoms. The van der Waals surface area contributed by atoms with Crippen molar-refractivity contribution in [3.8, 4) is 0 Å². The third kappa shape index (κ3) is 7.59. The lowest BCUT2D eigenvalue weighted by atomic mass is 9.87. The average molecular weight is 549 g/mol. The van der Waals surface area contributed by atoms with Gasteiger partial charge in [0.15, 0.2) is 0 Å². The van der Waals surface area contributed by atoms with E-state index >= 15 is 0 Å². The topological polar surface area (TPSA) is 78.8 Å². The van der Waals surface area contributed by atoms with Crippen LogP contribution in [0.3, 0.4) is 0 Å².